The second kappa shape index (κ2) is 4.10. The van der Waals surface area contributed by atoms with Crippen molar-refractivity contribution in [3.05, 3.63) is 33.1 Å². The van der Waals surface area contributed by atoms with Gasteiger partial charge in [0, 0.05) is 21.0 Å². The second-order valence-electron chi connectivity index (χ2n) is 3.98. The molecule has 2 rings (SSSR count). The average molecular weight is 248 g/mol. The summed E-state index contributed by atoms with van der Waals surface area (Å²) in [5.41, 5.74) is -0.164. The summed E-state index contributed by atoms with van der Waals surface area (Å²) in [6.45, 7) is 1.36. The fraction of sp³-hybridized carbons (Fsp3) is 0.273. The minimum atomic E-state index is -0.438. The first-order valence-corrected chi connectivity index (χ1v) is 5.25. The Morgan fingerprint density at radius 3 is 2.56 bits per heavy atom. The lowest BCUT2D eigenvalue weighted by molar-refractivity contribution is -0.114. The molecule has 0 unspecified atom stereocenters. The highest BCUT2D eigenvalue weighted by Crippen LogP contribution is 2.11. The molecule has 7 nitrogen and oxygen atoms in total. The first-order chi connectivity index (χ1) is 8.41. The molecule has 0 fully saturated rings. The molecule has 0 aliphatic heterocycles. The summed E-state index contributed by atoms with van der Waals surface area (Å²) in [5, 5.41) is 2.82. The van der Waals surface area contributed by atoms with Crippen LogP contribution in [0.5, 0.6) is 0 Å². The molecule has 18 heavy (non-hydrogen) atoms. The molecule has 0 saturated carbocycles. The van der Waals surface area contributed by atoms with Gasteiger partial charge in [-0.25, -0.2) is 9.78 Å². The van der Waals surface area contributed by atoms with Gasteiger partial charge < -0.3 is 5.32 Å². The zero-order chi connectivity index (χ0) is 13.4. The van der Waals surface area contributed by atoms with Crippen molar-refractivity contribution in [2.45, 2.75) is 6.92 Å². The van der Waals surface area contributed by atoms with Gasteiger partial charge in [-0.05, 0) is 6.07 Å². The summed E-state index contributed by atoms with van der Waals surface area (Å²) in [4.78, 5) is 38.6. The van der Waals surface area contributed by atoms with Crippen LogP contribution < -0.4 is 16.6 Å². The summed E-state index contributed by atoms with van der Waals surface area (Å²) >= 11 is 0. The van der Waals surface area contributed by atoms with Crippen LogP contribution in [0.1, 0.15) is 6.92 Å². The van der Waals surface area contributed by atoms with Gasteiger partial charge in [0.15, 0.2) is 0 Å². The molecule has 2 aromatic rings. The maximum absolute atomic E-state index is 11.9. The molecule has 1 amide bonds. The van der Waals surface area contributed by atoms with Crippen LogP contribution in [-0.4, -0.2) is 20.0 Å². The van der Waals surface area contributed by atoms with Gasteiger partial charge in [0.05, 0.1) is 17.3 Å². The van der Waals surface area contributed by atoms with Gasteiger partial charge >= 0.3 is 5.69 Å². The number of hydrogen-bond donors (Lipinski definition) is 1. The minimum absolute atomic E-state index is 0.252. The lowest BCUT2D eigenvalue weighted by Gasteiger charge is -2.08. The van der Waals surface area contributed by atoms with Gasteiger partial charge in [0.1, 0.15) is 5.65 Å². The Labute approximate surface area is 102 Å². The fourth-order valence-corrected chi connectivity index (χ4v) is 1.74. The van der Waals surface area contributed by atoms with E-state index in [0.29, 0.717) is 5.69 Å². The number of nitrogens with one attached hydrogen (secondary N) is 1. The second-order valence-corrected chi connectivity index (χ2v) is 3.98. The van der Waals surface area contributed by atoms with Gasteiger partial charge in [-0.15, -0.1) is 0 Å². The van der Waals surface area contributed by atoms with E-state index in [1.165, 1.54) is 37.8 Å². The number of aryl methyl sites for hydroxylation is 1. The predicted octanol–water partition coefficient (Wildman–Crippen LogP) is -0.409. The number of aromatic nitrogens is 3. The highest BCUT2D eigenvalue weighted by Gasteiger charge is 2.10. The molecule has 0 aliphatic carbocycles. The summed E-state index contributed by atoms with van der Waals surface area (Å²) < 4.78 is 2.29. The molecule has 0 atom stereocenters. The lowest BCUT2D eigenvalue weighted by Crippen LogP contribution is -2.37. The van der Waals surface area contributed by atoms with E-state index in [1.807, 2.05) is 0 Å². The molecule has 0 spiro atoms. The number of rotatable bonds is 1. The van der Waals surface area contributed by atoms with E-state index in [4.69, 9.17) is 0 Å². The van der Waals surface area contributed by atoms with Gasteiger partial charge in [-0.2, -0.15) is 0 Å². The van der Waals surface area contributed by atoms with Crippen molar-refractivity contribution in [3.8, 4) is 0 Å². The van der Waals surface area contributed by atoms with Crippen LogP contribution in [0.25, 0.3) is 11.0 Å². The van der Waals surface area contributed by atoms with E-state index in [-0.39, 0.29) is 16.9 Å². The SMILES string of the molecule is CC(=O)Nc1cnc2c(c1)c(=O)n(C)c(=O)n2C. The Morgan fingerprint density at radius 2 is 1.94 bits per heavy atom. The topological polar surface area (TPSA) is 86.0 Å². The smallest absolute Gasteiger partial charge is 0.325 e. The minimum Gasteiger partial charge on any atom is -0.325 e. The van der Waals surface area contributed by atoms with Gasteiger partial charge in [-0.3, -0.25) is 18.7 Å². The van der Waals surface area contributed by atoms with Crippen molar-refractivity contribution in [3.63, 3.8) is 0 Å². The van der Waals surface area contributed by atoms with E-state index >= 15 is 0 Å². The molecule has 0 saturated heterocycles. The summed E-state index contributed by atoms with van der Waals surface area (Å²) in [6, 6.07) is 1.51. The van der Waals surface area contributed by atoms with Crippen molar-refractivity contribution in [2.24, 2.45) is 14.1 Å². The fourth-order valence-electron chi connectivity index (χ4n) is 1.74. The Hall–Kier alpha value is -2.44. The number of amides is 1. The van der Waals surface area contributed by atoms with E-state index in [2.05, 4.69) is 10.3 Å². The molecule has 2 aromatic heterocycles. The maximum atomic E-state index is 11.9. The largest absolute Gasteiger partial charge is 0.332 e. The zero-order valence-electron chi connectivity index (χ0n) is 10.2. The van der Waals surface area contributed by atoms with Crippen LogP contribution in [0.2, 0.25) is 0 Å². The molecular formula is C11H12N4O3. The number of nitrogens with zero attached hydrogens (tertiary/aromatic N) is 3. The first-order valence-electron chi connectivity index (χ1n) is 5.25. The van der Waals surface area contributed by atoms with Crippen molar-refractivity contribution in [1.82, 2.24) is 14.1 Å². The van der Waals surface area contributed by atoms with Crippen LogP contribution in [0, 0.1) is 0 Å². The van der Waals surface area contributed by atoms with Crippen LogP contribution in [-0.2, 0) is 18.9 Å². The predicted molar refractivity (Wildman–Crippen MR) is 66.5 cm³/mol. The van der Waals surface area contributed by atoms with Gasteiger partial charge in [-0.1, -0.05) is 0 Å². The summed E-state index contributed by atoms with van der Waals surface area (Å²) in [7, 11) is 2.93. The van der Waals surface area contributed by atoms with Crippen LogP contribution >= 0.6 is 0 Å². The van der Waals surface area contributed by atoms with E-state index < -0.39 is 11.2 Å². The van der Waals surface area contributed by atoms with Crippen LogP contribution in [0.15, 0.2) is 21.9 Å². The number of fused-ring (bicyclic) bond motifs is 1. The normalized spacial score (nSPS) is 10.6. The Morgan fingerprint density at radius 1 is 1.28 bits per heavy atom. The third kappa shape index (κ3) is 1.79. The summed E-state index contributed by atoms with van der Waals surface area (Å²) in [5.74, 6) is -0.252. The number of hydrogen-bond acceptors (Lipinski definition) is 4. The van der Waals surface area contributed by atoms with E-state index in [1.54, 1.807) is 0 Å². The molecule has 94 valence electrons. The quantitative estimate of drug-likeness (QED) is 0.743. The molecule has 0 aromatic carbocycles. The van der Waals surface area contributed by atoms with E-state index in [0.717, 1.165) is 4.57 Å². The van der Waals surface area contributed by atoms with E-state index in [9.17, 15) is 14.4 Å². The third-order valence-corrected chi connectivity index (χ3v) is 2.61. The highest BCUT2D eigenvalue weighted by atomic mass is 16.2. The molecule has 0 aliphatic rings. The average Bonchev–Trinajstić information content (AvgIpc) is 2.33. The number of pyridine rings is 1. The molecule has 1 N–H and O–H groups in total. The summed E-state index contributed by atoms with van der Waals surface area (Å²) in [6.07, 6.45) is 1.41. The number of anilines is 1. The standard InChI is InChI=1S/C11H12N4O3/c1-6(16)13-7-4-8-9(12-5-7)14(2)11(18)15(3)10(8)17/h4-5H,1-3H3,(H,13,16). The highest BCUT2D eigenvalue weighted by molar-refractivity contribution is 5.90. The molecule has 2 heterocycles. The van der Waals surface area contributed by atoms with Gasteiger partial charge in [0.25, 0.3) is 5.56 Å². The van der Waals surface area contributed by atoms with Crippen molar-refractivity contribution < 1.29 is 4.79 Å². The van der Waals surface area contributed by atoms with Crippen LogP contribution in [0.4, 0.5) is 5.69 Å². The van der Waals surface area contributed by atoms with Gasteiger partial charge in [0.2, 0.25) is 5.91 Å². The monoisotopic (exact) mass is 248 g/mol. The Kier molecular flexibility index (Phi) is 2.74. The Bertz CT molecular complexity index is 757. The Balaban J connectivity index is 2.82. The van der Waals surface area contributed by atoms with Crippen molar-refractivity contribution in [2.75, 3.05) is 5.32 Å². The zero-order valence-corrected chi connectivity index (χ0v) is 10.2. The third-order valence-electron chi connectivity index (χ3n) is 2.61. The molecular weight excluding hydrogens is 236 g/mol. The van der Waals surface area contributed by atoms with Crippen LogP contribution in [0.3, 0.4) is 0 Å². The number of carbonyl (C=O) groups is 1. The first kappa shape index (κ1) is 12.0. The lowest BCUT2D eigenvalue weighted by atomic mass is 10.3. The van der Waals surface area contributed by atoms with Crippen molar-refractivity contribution in [1.29, 1.82) is 0 Å². The maximum Gasteiger partial charge on any atom is 0.332 e. The van der Waals surface area contributed by atoms with Crippen molar-refractivity contribution >= 4 is 22.6 Å². The molecule has 0 bridgehead atoms. The number of carbonyl (C=O) groups excluding carboxylic acids is 1. The molecule has 0 radical (unpaired) electrons. The molecule has 7 heteroatoms.